The van der Waals surface area contributed by atoms with Gasteiger partial charge in [0, 0.05) is 18.8 Å². The predicted molar refractivity (Wildman–Crippen MR) is 118 cm³/mol. The minimum Gasteiger partial charge on any atom is -0.368 e. The van der Waals surface area contributed by atoms with Crippen LogP contribution in [0.4, 0.5) is 0 Å². The van der Waals surface area contributed by atoms with Crippen molar-refractivity contribution in [3.8, 4) is 0 Å². The van der Waals surface area contributed by atoms with Crippen LogP contribution < -0.4 is 11.1 Å². The molecule has 0 bridgehead atoms. The summed E-state index contributed by atoms with van der Waals surface area (Å²) in [5, 5.41) is 2.88. The van der Waals surface area contributed by atoms with Crippen molar-refractivity contribution in [1.29, 1.82) is 0 Å². The molecule has 4 heteroatoms. The SMILES string of the molecule is NC(=O)[C@H](Cc1ccccc1)NC(=O)CC1c2ccccc2CCc2ccccc21. The molecule has 0 fully saturated rings. The maximum absolute atomic E-state index is 13.0. The van der Waals surface area contributed by atoms with Crippen LogP contribution in [-0.2, 0) is 28.9 Å². The lowest BCUT2D eigenvalue weighted by Gasteiger charge is -2.22. The van der Waals surface area contributed by atoms with Gasteiger partial charge in [-0.15, -0.1) is 0 Å². The van der Waals surface area contributed by atoms with Gasteiger partial charge in [-0.05, 0) is 40.7 Å². The van der Waals surface area contributed by atoms with Gasteiger partial charge in [-0.2, -0.15) is 0 Å². The van der Waals surface area contributed by atoms with E-state index >= 15 is 0 Å². The van der Waals surface area contributed by atoms with Crippen molar-refractivity contribution in [3.63, 3.8) is 0 Å². The number of nitrogens with two attached hydrogens (primary N) is 1. The largest absolute Gasteiger partial charge is 0.368 e. The van der Waals surface area contributed by atoms with Gasteiger partial charge in [-0.1, -0.05) is 78.9 Å². The number of hydrogen-bond acceptors (Lipinski definition) is 2. The highest BCUT2D eigenvalue weighted by molar-refractivity contribution is 5.87. The molecule has 1 aliphatic rings. The Morgan fingerprint density at radius 2 is 1.37 bits per heavy atom. The number of nitrogens with one attached hydrogen (secondary N) is 1. The number of benzene rings is 3. The average molecular weight is 399 g/mol. The molecule has 1 aliphatic carbocycles. The molecule has 4 nitrogen and oxygen atoms in total. The summed E-state index contributed by atoms with van der Waals surface area (Å²) in [7, 11) is 0. The van der Waals surface area contributed by atoms with E-state index in [1.165, 1.54) is 22.3 Å². The summed E-state index contributed by atoms with van der Waals surface area (Å²) in [6.45, 7) is 0. The molecule has 0 saturated heterocycles. The third-order valence-electron chi connectivity index (χ3n) is 5.88. The third kappa shape index (κ3) is 4.43. The minimum absolute atomic E-state index is 0.0369. The molecule has 1 atom stereocenters. The van der Waals surface area contributed by atoms with Gasteiger partial charge in [0.15, 0.2) is 0 Å². The first kappa shape index (κ1) is 19.9. The van der Waals surface area contributed by atoms with Gasteiger partial charge < -0.3 is 11.1 Å². The van der Waals surface area contributed by atoms with E-state index in [0.717, 1.165) is 18.4 Å². The van der Waals surface area contributed by atoms with E-state index in [9.17, 15) is 9.59 Å². The van der Waals surface area contributed by atoms with Crippen molar-refractivity contribution in [2.24, 2.45) is 5.73 Å². The Balaban J connectivity index is 1.57. The quantitative estimate of drug-likeness (QED) is 0.667. The first-order chi connectivity index (χ1) is 14.6. The van der Waals surface area contributed by atoms with Crippen LogP contribution >= 0.6 is 0 Å². The average Bonchev–Trinajstić information content (AvgIpc) is 2.91. The molecule has 0 aromatic heterocycles. The van der Waals surface area contributed by atoms with E-state index in [4.69, 9.17) is 5.73 Å². The van der Waals surface area contributed by atoms with Crippen LogP contribution in [0.5, 0.6) is 0 Å². The molecular weight excluding hydrogens is 372 g/mol. The van der Waals surface area contributed by atoms with Crippen LogP contribution in [0.2, 0.25) is 0 Å². The lowest BCUT2D eigenvalue weighted by Crippen LogP contribution is -2.46. The number of amides is 2. The Morgan fingerprint density at radius 1 is 0.833 bits per heavy atom. The summed E-state index contributed by atoms with van der Waals surface area (Å²) in [4.78, 5) is 25.0. The van der Waals surface area contributed by atoms with Gasteiger partial charge in [0.25, 0.3) is 0 Å². The van der Waals surface area contributed by atoms with Crippen molar-refractivity contribution in [2.45, 2.75) is 37.6 Å². The second kappa shape index (κ2) is 8.95. The summed E-state index contributed by atoms with van der Waals surface area (Å²) < 4.78 is 0. The predicted octanol–water partition coefficient (Wildman–Crippen LogP) is 3.52. The molecule has 3 aromatic rings. The zero-order chi connectivity index (χ0) is 20.9. The fourth-order valence-electron chi connectivity index (χ4n) is 4.37. The Morgan fingerprint density at radius 3 is 1.93 bits per heavy atom. The van der Waals surface area contributed by atoms with Crippen LogP contribution in [0, 0.1) is 0 Å². The lowest BCUT2D eigenvalue weighted by molar-refractivity contribution is -0.127. The monoisotopic (exact) mass is 398 g/mol. The third-order valence-corrected chi connectivity index (χ3v) is 5.88. The molecule has 3 aromatic carbocycles. The van der Waals surface area contributed by atoms with Crippen molar-refractivity contribution < 1.29 is 9.59 Å². The minimum atomic E-state index is -0.726. The van der Waals surface area contributed by atoms with E-state index in [-0.39, 0.29) is 18.2 Å². The second-order valence-corrected chi connectivity index (χ2v) is 7.87. The molecule has 0 unspecified atom stereocenters. The molecule has 0 heterocycles. The normalized spacial score (nSPS) is 14.1. The zero-order valence-electron chi connectivity index (χ0n) is 16.9. The molecule has 4 rings (SSSR count). The van der Waals surface area contributed by atoms with E-state index in [2.05, 4.69) is 41.7 Å². The molecule has 152 valence electrons. The van der Waals surface area contributed by atoms with Crippen LogP contribution in [0.1, 0.15) is 40.2 Å². The van der Waals surface area contributed by atoms with Gasteiger partial charge in [-0.25, -0.2) is 0 Å². The first-order valence-corrected chi connectivity index (χ1v) is 10.4. The maximum Gasteiger partial charge on any atom is 0.240 e. The van der Waals surface area contributed by atoms with Crippen molar-refractivity contribution in [2.75, 3.05) is 0 Å². The van der Waals surface area contributed by atoms with E-state index in [0.29, 0.717) is 6.42 Å². The van der Waals surface area contributed by atoms with Crippen LogP contribution in [0.15, 0.2) is 78.9 Å². The van der Waals surface area contributed by atoms with E-state index in [1.807, 2.05) is 42.5 Å². The Hall–Kier alpha value is -3.40. The lowest BCUT2D eigenvalue weighted by atomic mass is 9.85. The fourth-order valence-corrected chi connectivity index (χ4v) is 4.37. The Kier molecular flexibility index (Phi) is 5.94. The fraction of sp³-hybridized carbons (Fsp3) is 0.231. The van der Waals surface area contributed by atoms with Gasteiger partial charge >= 0.3 is 0 Å². The van der Waals surface area contributed by atoms with Crippen molar-refractivity contribution in [3.05, 3.63) is 107 Å². The zero-order valence-corrected chi connectivity index (χ0v) is 16.9. The van der Waals surface area contributed by atoms with Gasteiger partial charge in [0.2, 0.25) is 11.8 Å². The number of fused-ring (bicyclic) bond motifs is 2. The molecule has 3 N–H and O–H groups in total. The maximum atomic E-state index is 13.0. The molecule has 2 amide bonds. The summed E-state index contributed by atoms with van der Waals surface area (Å²) in [6, 6.07) is 25.6. The molecule has 0 radical (unpaired) electrons. The van der Waals surface area contributed by atoms with E-state index in [1.54, 1.807) is 0 Å². The van der Waals surface area contributed by atoms with Crippen LogP contribution in [-0.4, -0.2) is 17.9 Å². The molecular formula is C26H26N2O2. The highest BCUT2D eigenvalue weighted by Gasteiger charge is 2.27. The van der Waals surface area contributed by atoms with Crippen molar-refractivity contribution in [1.82, 2.24) is 5.32 Å². The standard InChI is InChI=1S/C26H26N2O2/c27-26(30)24(16-18-8-2-1-3-9-18)28-25(29)17-23-21-12-6-4-10-19(21)14-15-20-11-5-7-13-22(20)23/h1-13,23-24H,14-17H2,(H2,27,30)(H,28,29)/t24-/m0/s1. The highest BCUT2D eigenvalue weighted by Crippen LogP contribution is 2.36. The van der Waals surface area contributed by atoms with Gasteiger partial charge in [0.1, 0.15) is 6.04 Å². The Bertz CT molecular complexity index is 998. The first-order valence-electron chi connectivity index (χ1n) is 10.4. The number of aryl methyl sites for hydroxylation is 2. The van der Waals surface area contributed by atoms with E-state index < -0.39 is 11.9 Å². The number of hydrogen-bond donors (Lipinski definition) is 2. The smallest absolute Gasteiger partial charge is 0.240 e. The topological polar surface area (TPSA) is 72.2 Å². The Labute approximate surface area is 177 Å². The number of carbonyl (C=O) groups is 2. The number of primary amides is 1. The molecule has 0 spiro atoms. The van der Waals surface area contributed by atoms with Crippen LogP contribution in [0.3, 0.4) is 0 Å². The van der Waals surface area contributed by atoms with Gasteiger partial charge in [0.05, 0.1) is 0 Å². The summed E-state index contributed by atoms with van der Waals surface area (Å²) in [5.74, 6) is -0.717. The molecule has 0 aliphatic heterocycles. The summed E-state index contributed by atoms with van der Waals surface area (Å²) in [5.41, 5.74) is 11.5. The summed E-state index contributed by atoms with van der Waals surface area (Å²) >= 11 is 0. The highest BCUT2D eigenvalue weighted by atomic mass is 16.2. The molecule has 30 heavy (non-hydrogen) atoms. The number of rotatable bonds is 6. The van der Waals surface area contributed by atoms with Crippen LogP contribution in [0.25, 0.3) is 0 Å². The number of carbonyl (C=O) groups excluding carboxylic acids is 2. The van der Waals surface area contributed by atoms with Crippen molar-refractivity contribution >= 4 is 11.8 Å². The molecule has 0 saturated carbocycles. The second-order valence-electron chi connectivity index (χ2n) is 7.87. The van der Waals surface area contributed by atoms with Gasteiger partial charge in [-0.3, -0.25) is 9.59 Å². The summed E-state index contributed by atoms with van der Waals surface area (Å²) in [6.07, 6.45) is 2.60.